The number of ether oxygens (including phenoxy) is 1. The average Bonchev–Trinajstić information content (AvgIpc) is 2.42. The van der Waals surface area contributed by atoms with Gasteiger partial charge in [-0.3, -0.25) is 0 Å². The quantitative estimate of drug-likeness (QED) is 0.867. The third-order valence-electron chi connectivity index (χ3n) is 4.33. The van der Waals surface area contributed by atoms with Crippen molar-refractivity contribution in [3.63, 3.8) is 0 Å². The highest BCUT2D eigenvalue weighted by molar-refractivity contribution is 5.74. The van der Waals surface area contributed by atoms with E-state index in [0.29, 0.717) is 18.5 Å². The molecule has 0 spiro atoms. The number of nitrogens with one attached hydrogen (secondary N) is 2. The lowest BCUT2D eigenvalue weighted by Crippen LogP contribution is -2.58. The first-order chi connectivity index (χ1) is 9.26. The zero-order chi connectivity index (χ0) is 13.2. The zero-order valence-electron chi connectivity index (χ0n) is 11.1. The summed E-state index contributed by atoms with van der Waals surface area (Å²) in [7, 11) is 1.58. The number of rotatable bonds is 4. The van der Waals surface area contributed by atoms with Crippen LogP contribution in [-0.2, 0) is 6.54 Å². The lowest BCUT2D eigenvalue weighted by Gasteiger charge is -2.53. The Morgan fingerprint density at radius 3 is 3.05 bits per heavy atom. The van der Waals surface area contributed by atoms with Gasteiger partial charge >= 0.3 is 6.03 Å². The molecule has 2 aliphatic rings. The van der Waals surface area contributed by atoms with Gasteiger partial charge in [-0.25, -0.2) is 9.78 Å². The lowest BCUT2D eigenvalue weighted by molar-refractivity contribution is 0.0113. The number of urea groups is 1. The molecule has 2 N–H and O–H groups in total. The van der Waals surface area contributed by atoms with E-state index in [-0.39, 0.29) is 6.03 Å². The Hall–Kier alpha value is -1.78. The van der Waals surface area contributed by atoms with Crippen molar-refractivity contribution in [1.82, 2.24) is 15.6 Å². The first-order valence-electron chi connectivity index (χ1n) is 6.79. The van der Waals surface area contributed by atoms with Gasteiger partial charge in [0.25, 0.3) is 0 Å². The molecular weight excluding hydrogens is 242 g/mol. The van der Waals surface area contributed by atoms with Gasteiger partial charge in [-0.05, 0) is 42.7 Å². The number of amides is 2. The van der Waals surface area contributed by atoms with Crippen LogP contribution in [0, 0.1) is 11.8 Å². The van der Waals surface area contributed by atoms with Crippen molar-refractivity contribution >= 4 is 6.03 Å². The Morgan fingerprint density at radius 2 is 2.42 bits per heavy atom. The molecule has 2 amide bonds. The minimum Gasteiger partial charge on any atom is -0.481 e. The van der Waals surface area contributed by atoms with Gasteiger partial charge in [0.05, 0.1) is 7.11 Å². The monoisotopic (exact) mass is 261 g/mol. The molecule has 1 heterocycles. The summed E-state index contributed by atoms with van der Waals surface area (Å²) in [6.45, 7) is 0.492. The number of methoxy groups -OCH3 is 1. The molecule has 5 heteroatoms. The Labute approximate surface area is 112 Å². The van der Waals surface area contributed by atoms with E-state index in [1.807, 2.05) is 12.1 Å². The molecule has 19 heavy (non-hydrogen) atoms. The first kappa shape index (κ1) is 12.3. The molecule has 0 saturated heterocycles. The van der Waals surface area contributed by atoms with Crippen LogP contribution in [0.3, 0.4) is 0 Å². The van der Waals surface area contributed by atoms with Crippen molar-refractivity contribution in [2.45, 2.75) is 31.8 Å². The largest absolute Gasteiger partial charge is 0.481 e. The molecule has 2 aliphatic carbocycles. The van der Waals surface area contributed by atoms with Crippen LogP contribution >= 0.6 is 0 Å². The van der Waals surface area contributed by atoms with Gasteiger partial charge in [-0.1, -0.05) is 0 Å². The Morgan fingerprint density at radius 1 is 1.53 bits per heavy atom. The molecule has 0 aliphatic heterocycles. The van der Waals surface area contributed by atoms with Crippen LogP contribution in [0.25, 0.3) is 0 Å². The van der Waals surface area contributed by atoms with Gasteiger partial charge in [0.1, 0.15) is 0 Å². The summed E-state index contributed by atoms with van der Waals surface area (Å²) < 4.78 is 5.05. The summed E-state index contributed by atoms with van der Waals surface area (Å²) in [5.74, 6) is 2.19. The molecule has 3 atom stereocenters. The number of fused-ring (bicyclic) bond motifs is 1. The van der Waals surface area contributed by atoms with Gasteiger partial charge in [-0.2, -0.15) is 0 Å². The van der Waals surface area contributed by atoms with E-state index < -0.39 is 0 Å². The van der Waals surface area contributed by atoms with E-state index in [9.17, 15) is 4.79 Å². The number of hydrogen-bond donors (Lipinski definition) is 2. The number of carbonyl (C=O) groups excluding carboxylic acids is 1. The predicted molar refractivity (Wildman–Crippen MR) is 70.8 cm³/mol. The highest BCUT2D eigenvalue weighted by Crippen LogP contribution is 2.49. The van der Waals surface area contributed by atoms with E-state index in [1.165, 1.54) is 12.8 Å². The first-order valence-corrected chi connectivity index (χ1v) is 6.79. The number of nitrogens with zero attached hydrogens (tertiary/aromatic N) is 1. The van der Waals surface area contributed by atoms with Crippen LogP contribution in [0.1, 0.15) is 24.8 Å². The molecule has 1 aromatic rings. The summed E-state index contributed by atoms with van der Waals surface area (Å²) in [6, 6.07) is 4.01. The maximum atomic E-state index is 11.8. The number of pyridine rings is 1. The summed E-state index contributed by atoms with van der Waals surface area (Å²) in [5, 5.41) is 5.93. The van der Waals surface area contributed by atoms with Crippen molar-refractivity contribution in [1.29, 1.82) is 0 Å². The Balaban J connectivity index is 1.44. The molecule has 1 unspecified atom stereocenters. The number of carbonyl (C=O) groups is 1. The van der Waals surface area contributed by atoms with Gasteiger partial charge < -0.3 is 15.4 Å². The van der Waals surface area contributed by atoms with Crippen LogP contribution in [0.4, 0.5) is 4.79 Å². The Bertz CT molecular complexity index is 478. The fourth-order valence-electron chi connectivity index (χ4n) is 2.96. The molecule has 0 aromatic carbocycles. The normalized spacial score (nSPS) is 27.5. The van der Waals surface area contributed by atoms with Crippen molar-refractivity contribution < 1.29 is 9.53 Å². The standard InChI is InChI=1S/C14H19N3O2/c1-19-13-6-9(4-5-15-13)8-16-14(18)17-12-7-10-2-3-11(10)12/h4-6,10-12H,2-3,7-8H2,1H3,(H2,16,17,18)/t10?,11-,12-/m1/s1. The van der Waals surface area contributed by atoms with Gasteiger partial charge in [-0.15, -0.1) is 0 Å². The van der Waals surface area contributed by atoms with Crippen molar-refractivity contribution in [3.05, 3.63) is 23.9 Å². The molecule has 102 valence electrons. The maximum Gasteiger partial charge on any atom is 0.315 e. The maximum absolute atomic E-state index is 11.8. The highest BCUT2D eigenvalue weighted by atomic mass is 16.5. The van der Waals surface area contributed by atoms with Gasteiger partial charge in [0, 0.05) is 24.8 Å². The topological polar surface area (TPSA) is 63.2 Å². The van der Waals surface area contributed by atoms with Crippen LogP contribution < -0.4 is 15.4 Å². The van der Waals surface area contributed by atoms with E-state index in [2.05, 4.69) is 15.6 Å². The van der Waals surface area contributed by atoms with Crippen LogP contribution in [0.2, 0.25) is 0 Å². The summed E-state index contributed by atoms with van der Waals surface area (Å²) >= 11 is 0. The van der Waals surface area contributed by atoms with Crippen molar-refractivity contribution in [2.24, 2.45) is 11.8 Å². The average molecular weight is 261 g/mol. The molecule has 3 rings (SSSR count). The summed E-state index contributed by atoms with van der Waals surface area (Å²) in [5.41, 5.74) is 0.983. The SMILES string of the molecule is COc1cc(CNC(=O)N[C@@H]2CC3CC[C@H]32)ccn1. The second kappa shape index (κ2) is 5.07. The van der Waals surface area contributed by atoms with E-state index >= 15 is 0 Å². The minimum atomic E-state index is -0.0777. The zero-order valence-corrected chi connectivity index (χ0v) is 11.1. The van der Waals surface area contributed by atoms with Crippen LogP contribution in [0.15, 0.2) is 18.3 Å². The highest BCUT2D eigenvalue weighted by Gasteiger charge is 2.47. The van der Waals surface area contributed by atoms with E-state index in [4.69, 9.17) is 4.74 Å². The number of hydrogen-bond acceptors (Lipinski definition) is 3. The predicted octanol–water partition coefficient (Wildman–Crippen LogP) is 1.69. The second-order valence-electron chi connectivity index (χ2n) is 5.38. The third-order valence-corrected chi connectivity index (χ3v) is 4.33. The van der Waals surface area contributed by atoms with E-state index in [1.54, 1.807) is 13.3 Å². The molecule has 0 radical (unpaired) electrons. The smallest absolute Gasteiger partial charge is 0.315 e. The molecule has 1 aromatic heterocycles. The fourth-order valence-corrected chi connectivity index (χ4v) is 2.96. The summed E-state index contributed by atoms with van der Waals surface area (Å²) in [4.78, 5) is 15.8. The number of aromatic nitrogens is 1. The fraction of sp³-hybridized carbons (Fsp3) is 0.571. The minimum absolute atomic E-state index is 0.0777. The third kappa shape index (κ3) is 2.50. The molecular formula is C14H19N3O2. The second-order valence-corrected chi connectivity index (χ2v) is 5.38. The van der Waals surface area contributed by atoms with Crippen molar-refractivity contribution in [2.75, 3.05) is 7.11 Å². The van der Waals surface area contributed by atoms with Crippen molar-refractivity contribution in [3.8, 4) is 5.88 Å². The summed E-state index contributed by atoms with van der Waals surface area (Å²) in [6.07, 6.45) is 5.46. The lowest BCUT2D eigenvalue weighted by atomic mass is 9.56. The van der Waals surface area contributed by atoms with Gasteiger partial charge in [0.15, 0.2) is 0 Å². The molecule has 2 fully saturated rings. The van der Waals surface area contributed by atoms with Crippen LogP contribution in [0.5, 0.6) is 5.88 Å². The van der Waals surface area contributed by atoms with Crippen LogP contribution in [-0.4, -0.2) is 24.2 Å². The molecule has 5 nitrogen and oxygen atoms in total. The van der Waals surface area contributed by atoms with E-state index in [0.717, 1.165) is 23.8 Å². The molecule has 2 saturated carbocycles. The molecule has 0 bridgehead atoms. The van der Waals surface area contributed by atoms with Gasteiger partial charge in [0.2, 0.25) is 5.88 Å². The Kier molecular flexibility index (Phi) is 3.27.